The number of benzene rings is 1. The van der Waals surface area contributed by atoms with Crippen molar-refractivity contribution in [2.75, 3.05) is 0 Å². The van der Waals surface area contributed by atoms with Crippen LogP contribution in [-0.2, 0) is 6.54 Å². The highest BCUT2D eigenvalue weighted by atomic mass is 19.4. The summed E-state index contributed by atoms with van der Waals surface area (Å²) in [4.78, 5) is 21.0. The van der Waals surface area contributed by atoms with Gasteiger partial charge in [-0.2, -0.15) is 13.2 Å². The van der Waals surface area contributed by atoms with Crippen molar-refractivity contribution in [3.8, 4) is 5.75 Å². The highest BCUT2D eigenvalue weighted by Gasteiger charge is 2.37. The van der Waals surface area contributed by atoms with Crippen LogP contribution in [0.2, 0.25) is 0 Å². The molecule has 3 aromatic rings. The maximum atomic E-state index is 12.5. The van der Waals surface area contributed by atoms with Crippen LogP contribution in [0.5, 0.6) is 5.75 Å². The van der Waals surface area contributed by atoms with Crippen LogP contribution in [0.15, 0.2) is 48.7 Å². The van der Waals surface area contributed by atoms with Gasteiger partial charge in [0.2, 0.25) is 0 Å². The number of nitrogens with one attached hydrogen (secondary N) is 1. The molecule has 0 bridgehead atoms. The number of aryl methyl sites for hydroxylation is 1. The van der Waals surface area contributed by atoms with Crippen molar-refractivity contribution in [2.24, 2.45) is 0 Å². The summed E-state index contributed by atoms with van der Waals surface area (Å²) >= 11 is 0. The van der Waals surface area contributed by atoms with Gasteiger partial charge < -0.3 is 10.1 Å². The highest BCUT2D eigenvalue weighted by molar-refractivity contribution is 5.98. The van der Waals surface area contributed by atoms with Gasteiger partial charge in [-0.05, 0) is 49.7 Å². The van der Waals surface area contributed by atoms with E-state index in [-0.39, 0.29) is 18.2 Å². The molecule has 0 aliphatic carbocycles. The molecule has 0 aliphatic heterocycles. The second-order valence-corrected chi connectivity index (χ2v) is 6.30. The summed E-state index contributed by atoms with van der Waals surface area (Å²) in [6, 6.07) is 11.4. The van der Waals surface area contributed by atoms with Crippen LogP contribution in [0.1, 0.15) is 28.5 Å². The summed E-state index contributed by atoms with van der Waals surface area (Å²) in [5.41, 5.74) is 2.31. The molecule has 0 aliphatic rings. The molecule has 3 rings (SSSR count). The first kappa shape index (κ1) is 19.6. The number of ether oxygens (including phenoxy) is 1. The predicted molar refractivity (Wildman–Crippen MR) is 98.0 cm³/mol. The SMILES string of the molecule is Cc1nc2ncccc2cc1C(=O)NCc1ccc(OC(C)C(F)(F)F)cc1. The maximum absolute atomic E-state index is 12.5. The average Bonchev–Trinajstić information content (AvgIpc) is 2.66. The summed E-state index contributed by atoms with van der Waals surface area (Å²) in [6.45, 7) is 2.90. The lowest BCUT2D eigenvalue weighted by atomic mass is 10.1. The van der Waals surface area contributed by atoms with Gasteiger partial charge in [0.15, 0.2) is 11.8 Å². The molecule has 2 aromatic heterocycles. The molecule has 2 heterocycles. The minimum atomic E-state index is -4.42. The maximum Gasteiger partial charge on any atom is 0.425 e. The Bertz CT molecular complexity index is 988. The smallest absolute Gasteiger partial charge is 0.425 e. The summed E-state index contributed by atoms with van der Waals surface area (Å²) in [7, 11) is 0. The quantitative estimate of drug-likeness (QED) is 0.711. The number of pyridine rings is 2. The second kappa shape index (κ2) is 7.84. The topological polar surface area (TPSA) is 64.1 Å². The number of hydrogen-bond acceptors (Lipinski definition) is 4. The van der Waals surface area contributed by atoms with Crippen molar-refractivity contribution in [3.63, 3.8) is 0 Å². The lowest BCUT2D eigenvalue weighted by Gasteiger charge is -2.17. The predicted octanol–water partition coefficient (Wildman–Crippen LogP) is 4.20. The number of halogens is 3. The van der Waals surface area contributed by atoms with Crippen molar-refractivity contribution in [2.45, 2.75) is 32.7 Å². The standard InChI is InChI=1S/C20H18F3N3O2/c1-12-17(10-15-4-3-9-24-18(15)26-12)19(27)25-11-14-5-7-16(8-6-14)28-13(2)20(21,22)23/h3-10,13H,11H2,1-2H3,(H,25,27). The molecule has 0 saturated heterocycles. The molecule has 1 N–H and O–H groups in total. The normalized spacial score (nSPS) is 12.6. The van der Waals surface area contributed by atoms with Crippen molar-refractivity contribution < 1.29 is 22.7 Å². The Kier molecular flexibility index (Phi) is 5.48. The summed E-state index contributed by atoms with van der Waals surface area (Å²) in [5, 5.41) is 3.55. The van der Waals surface area contributed by atoms with Crippen LogP contribution < -0.4 is 10.1 Å². The number of nitrogens with zero attached hydrogens (tertiary/aromatic N) is 2. The van der Waals surface area contributed by atoms with Crippen LogP contribution in [0.25, 0.3) is 11.0 Å². The molecular weight excluding hydrogens is 371 g/mol. The Hall–Kier alpha value is -3.16. The molecule has 8 heteroatoms. The van der Waals surface area contributed by atoms with Crippen molar-refractivity contribution in [1.82, 2.24) is 15.3 Å². The molecular formula is C20H18F3N3O2. The first-order valence-electron chi connectivity index (χ1n) is 8.57. The highest BCUT2D eigenvalue weighted by Crippen LogP contribution is 2.25. The first-order valence-corrected chi connectivity index (χ1v) is 8.57. The van der Waals surface area contributed by atoms with E-state index >= 15 is 0 Å². The van der Waals surface area contributed by atoms with Gasteiger partial charge in [0, 0.05) is 18.1 Å². The molecule has 0 saturated carbocycles. The Labute approximate surface area is 159 Å². The van der Waals surface area contributed by atoms with E-state index in [1.807, 2.05) is 6.07 Å². The van der Waals surface area contributed by atoms with Crippen molar-refractivity contribution in [3.05, 3.63) is 65.5 Å². The fourth-order valence-corrected chi connectivity index (χ4v) is 2.56. The monoisotopic (exact) mass is 389 g/mol. The van der Waals surface area contributed by atoms with E-state index in [1.54, 1.807) is 37.4 Å². The molecule has 1 atom stereocenters. The zero-order valence-corrected chi connectivity index (χ0v) is 15.2. The Morgan fingerprint density at radius 3 is 2.61 bits per heavy atom. The number of carbonyl (C=O) groups is 1. The molecule has 5 nitrogen and oxygen atoms in total. The lowest BCUT2D eigenvalue weighted by molar-refractivity contribution is -0.189. The van der Waals surface area contributed by atoms with Crippen LogP contribution in [-0.4, -0.2) is 28.2 Å². The average molecular weight is 389 g/mol. The molecule has 0 radical (unpaired) electrons. The van der Waals surface area contributed by atoms with E-state index < -0.39 is 12.3 Å². The lowest BCUT2D eigenvalue weighted by Crippen LogP contribution is -2.31. The molecule has 28 heavy (non-hydrogen) atoms. The summed E-state index contributed by atoms with van der Waals surface area (Å²) in [6.07, 6.45) is -4.68. The van der Waals surface area contributed by atoms with Gasteiger partial charge in [-0.3, -0.25) is 4.79 Å². The van der Waals surface area contributed by atoms with E-state index in [1.165, 1.54) is 12.1 Å². The van der Waals surface area contributed by atoms with Crippen LogP contribution in [0, 0.1) is 6.92 Å². The summed E-state index contributed by atoms with van der Waals surface area (Å²) < 4.78 is 42.5. The Balaban J connectivity index is 1.64. The van der Waals surface area contributed by atoms with Gasteiger partial charge in [0.1, 0.15) is 5.75 Å². The van der Waals surface area contributed by atoms with Gasteiger partial charge >= 0.3 is 6.18 Å². The van der Waals surface area contributed by atoms with E-state index in [2.05, 4.69) is 15.3 Å². The van der Waals surface area contributed by atoms with E-state index in [9.17, 15) is 18.0 Å². The third-order valence-corrected chi connectivity index (χ3v) is 4.17. The molecule has 1 amide bonds. The van der Waals surface area contributed by atoms with Gasteiger partial charge in [0.25, 0.3) is 5.91 Å². The zero-order valence-electron chi connectivity index (χ0n) is 15.2. The van der Waals surface area contributed by atoms with Gasteiger partial charge in [-0.25, -0.2) is 9.97 Å². The molecule has 146 valence electrons. The fourth-order valence-electron chi connectivity index (χ4n) is 2.56. The van der Waals surface area contributed by atoms with Crippen molar-refractivity contribution >= 4 is 16.9 Å². The summed E-state index contributed by atoms with van der Waals surface area (Å²) in [5.74, 6) is -0.177. The third kappa shape index (κ3) is 4.57. The molecule has 0 fully saturated rings. The minimum absolute atomic E-state index is 0.113. The van der Waals surface area contributed by atoms with Gasteiger partial charge in [-0.15, -0.1) is 0 Å². The number of hydrogen-bond donors (Lipinski definition) is 1. The molecule has 1 unspecified atom stereocenters. The third-order valence-electron chi connectivity index (χ3n) is 4.17. The zero-order chi connectivity index (χ0) is 20.3. The first-order chi connectivity index (χ1) is 13.2. The molecule has 0 spiro atoms. The van der Waals surface area contributed by atoms with E-state index in [0.717, 1.165) is 17.9 Å². The number of rotatable bonds is 5. The number of fused-ring (bicyclic) bond motifs is 1. The van der Waals surface area contributed by atoms with Crippen molar-refractivity contribution in [1.29, 1.82) is 0 Å². The van der Waals surface area contributed by atoms with Crippen LogP contribution in [0.3, 0.4) is 0 Å². The molecule has 1 aromatic carbocycles. The second-order valence-electron chi connectivity index (χ2n) is 6.30. The Morgan fingerprint density at radius 1 is 1.21 bits per heavy atom. The minimum Gasteiger partial charge on any atom is -0.481 e. The number of carbonyl (C=O) groups excluding carboxylic acids is 1. The number of alkyl halides is 3. The van der Waals surface area contributed by atoms with Gasteiger partial charge in [-0.1, -0.05) is 12.1 Å². The fraction of sp³-hybridized carbons (Fsp3) is 0.250. The van der Waals surface area contributed by atoms with E-state index in [0.29, 0.717) is 16.9 Å². The number of aromatic nitrogens is 2. The van der Waals surface area contributed by atoms with E-state index in [4.69, 9.17) is 4.74 Å². The Morgan fingerprint density at radius 2 is 1.93 bits per heavy atom. The van der Waals surface area contributed by atoms with Gasteiger partial charge in [0.05, 0.1) is 11.3 Å². The van der Waals surface area contributed by atoms with Crippen LogP contribution in [0.4, 0.5) is 13.2 Å². The largest absolute Gasteiger partial charge is 0.481 e. The number of amides is 1. The van der Waals surface area contributed by atoms with Crippen LogP contribution >= 0.6 is 0 Å².